The Morgan fingerprint density at radius 3 is 3.00 bits per heavy atom. The van der Waals surface area contributed by atoms with E-state index in [-0.39, 0.29) is 5.91 Å². The number of aromatic nitrogens is 1. The molecule has 0 aliphatic heterocycles. The highest BCUT2D eigenvalue weighted by Gasteiger charge is 2.16. The lowest BCUT2D eigenvalue weighted by Gasteiger charge is -2.16. The number of anilines is 1. The Bertz CT molecular complexity index is 644. The molecule has 2 N–H and O–H groups in total. The maximum Gasteiger partial charge on any atom is 0.277 e. The molecule has 1 aromatic carbocycles. The molecule has 6 heteroatoms. The Morgan fingerprint density at radius 2 is 2.37 bits per heavy atom. The molecular weight excluding hydrogens is 260 g/mol. The van der Waals surface area contributed by atoms with Gasteiger partial charge in [0.05, 0.1) is 11.6 Å². The number of nitrogens with zero attached hydrogens (tertiary/aromatic N) is 3. The average molecular weight is 272 g/mol. The van der Waals surface area contributed by atoms with Gasteiger partial charge in [0.2, 0.25) is 0 Å². The summed E-state index contributed by atoms with van der Waals surface area (Å²) >= 11 is 1.36. The smallest absolute Gasteiger partial charge is 0.277 e. The molecule has 0 saturated heterocycles. The molecule has 0 bridgehead atoms. The molecule has 1 heterocycles. The third-order valence-electron chi connectivity index (χ3n) is 2.61. The molecule has 96 valence electrons. The van der Waals surface area contributed by atoms with Crippen molar-refractivity contribution >= 4 is 22.9 Å². The quantitative estimate of drug-likeness (QED) is 0.922. The minimum absolute atomic E-state index is 0.217. The van der Waals surface area contributed by atoms with E-state index in [4.69, 9.17) is 11.0 Å². The number of carbonyl (C=O) groups is 1. The summed E-state index contributed by atoms with van der Waals surface area (Å²) in [6.07, 6.45) is 0. The molecule has 2 aromatic rings. The van der Waals surface area contributed by atoms with Crippen LogP contribution in [0, 0.1) is 11.3 Å². The molecule has 0 aliphatic carbocycles. The SMILES string of the molecule is CN(C(=O)c1csc(CN)n1)c1cccc(C#N)c1. The first-order valence-corrected chi connectivity index (χ1v) is 6.46. The van der Waals surface area contributed by atoms with E-state index in [2.05, 4.69) is 4.98 Å². The van der Waals surface area contributed by atoms with E-state index < -0.39 is 0 Å². The highest BCUT2D eigenvalue weighted by atomic mass is 32.1. The van der Waals surface area contributed by atoms with Crippen LogP contribution >= 0.6 is 11.3 Å². The van der Waals surface area contributed by atoms with Gasteiger partial charge in [-0.2, -0.15) is 5.26 Å². The number of hydrogen-bond donors (Lipinski definition) is 1. The van der Waals surface area contributed by atoms with Crippen LogP contribution in [0.15, 0.2) is 29.6 Å². The first-order chi connectivity index (χ1) is 9.15. The lowest BCUT2D eigenvalue weighted by atomic mass is 10.2. The second-order valence-electron chi connectivity index (χ2n) is 3.86. The average Bonchev–Trinajstić information content (AvgIpc) is 2.94. The van der Waals surface area contributed by atoms with Crippen LogP contribution in [0.4, 0.5) is 5.69 Å². The summed E-state index contributed by atoms with van der Waals surface area (Å²) < 4.78 is 0. The van der Waals surface area contributed by atoms with Gasteiger partial charge in [0.1, 0.15) is 10.7 Å². The van der Waals surface area contributed by atoms with Gasteiger partial charge in [0.25, 0.3) is 5.91 Å². The summed E-state index contributed by atoms with van der Waals surface area (Å²) in [5, 5.41) is 11.3. The molecule has 0 unspecified atom stereocenters. The normalized spacial score (nSPS) is 9.95. The van der Waals surface area contributed by atoms with Crippen LogP contribution in [0.5, 0.6) is 0 Å². The van der Waals surface area contributed by atoms with Crippen LogP contribution in [-0.2, 0) is 6.54 Å². The van der Waals surface area contributed by atoms with Gasteiger partial charge in [0, 0.05) is 24.7 Å². The van der Waals surface area contributed by atoms with Crippen molar-refractivity contribution in [1.82, 2.24) is 4.98 Å². The second kappa shape index (κ2) is 5.61. The first-order valence-electron chi connectivity index (χ1n) is 5.58. The van der Waals surface area contributed by atoms with Crippen LogP contribution in [0.2, 0.25) is 0 Å². The van der Waals surface area contributed by atoms with Crippen molar-refractivity contribution in [3.05, 3.63) is 45.9 Å². The van der Waals surface area contributed by atoms with Crippen molar-refractivity contribution in [1.29, 1.82) is 5.26 Å². The zero-order valence-corrected chi connectivity index (χ0v) is 11.1. The van der Waals surface area contributed by atoms with Gasteiger partial charge >= 0.3 is 0 Å². The molecule has 0 radical (unpaired) electrons. The highest BCUT2D eigenvalue weighted by molar-refractivity contribution is 7.09. The molecule has 19 heavy (non-hydrogen) atoms. The minimum atomic E-state index is -0.217. The van der Waals surface area contributed by atoms with E-state index in [1.807, 2.05) is 6.07 Å². The maximum absolute atomic E-state index is 12.2. The summed E-state index contributed by atoms with van der Waals surface area (Å²) in [7, 11) is 1.65. The maximum atomic E-state index is 12.2. The fourth-order valence-electron chi connectivity index (χ4n) is 1.58. The van der Waals surface area contributed by atoms with Gasteiger partial charge < -0.3 is 10.6 Å². The zero-order valence-electron chi connectivity index (χ0n) is 10.3. The zero-order chi connectivity index (χ0) is 13.8. The summed E-state index contributed by atoms with van der Waals surface area (Å²) in [5.41, 5.74) is 7.02. The van der Waals surface area contributed by atoms with Gasteiger partial charge in [-0.05, 0) is 18.2 Å². The second-order valence-corrected chi connectivity index (χ2v) is 4.80. The summed E-state index contributed by atoms with van der Waals surface area (Å²) in [6, 6.07) is 8.91. The van der Waals surface area contributed by atoms with Gasteiger partial charge in [-0.3, -0.25) is 4.79 Å². The van der Waals surface area contributed by atoms with Crippen molar-refractivity contribution in [2.24, 2.45) is 5.73 Å². The van der Waals surface area contributed by atoms with E-state index in [1.54, 1.807) is 36.7 Å². The number of rotatable bonds is 3. The van der Waals surface area contributed by atoms with E-state index >= 15 is 0 Å². The molecule has 1 amide bonds. The Labute approximate surface area is 114 Å². The molecule has 0 spiro atoms. The number of thiazole rings is 1. The van der Waals surface area contributed by atoms with Crippen molar-refractivity contribution in [3.63, 3.8) is 0 Å². The molecular formula is C13H12N4OS. The lowest BCUT2D eigenvalue weighted by Crippen LogP contribution is -2.26. The van der Waals surface area contributed by atoms with Crippen molar-refractivity contribution in [3.8, 4) is 6.07 Å². The van der Waals surface area contributed by atoms with Crippen molar-refractivity contribution in [2.75, 3.05) is 11.9 Å². The monoisotopic (exact) mass is 272 g/mol. The highest BCUT2D eigenvalue weighted by Crippen LogP contribution is 2.18. The van der Waals surface area contributed by atoms with Crippen molar-refractivity contribution < 1.29 is 4.79 Å². The van der Waals surface area contributed by atoms with Crippen LogP contribution in [0.25, 0.3) is 0 Å². The van der Waals surface area contributed by atoms with E-state index in [0.717, 1.165) is 5.01 Å². The number of hydrogen-bond acceptors (Lipinski definition) is 5. The van der Waals surface area contributed by atoms with E-state index in [9.17, 15) is 4.79 Å². The number of benzene rings is 1. The largest absolute Gasteiger partial charge is 0.325 e. The van der Waals surface area contributed by atoms with Crippen LogP contribution < -0.4 is 10.6 Å². The van der Waals surface area contributed by atoms with Gasteiger partial charge in [-0.15, -0.1) is 11.3 Å². The van der Waals surface area contributed by atoms with Crippen LogP contribution in [-0.4, -0.2) is 17.9 Å². The summed E-state index contributed by atoms with van der Waals surface area (Å²) in [4.78, 5) is 17.8. The standard InChI is InChI=1S/C13H12N4OS/c1-17(10-4-2-3-9(5-10)6-14)13(18)11-8-19-12(7-15)16-11/h2-5,8H,7,15H2,1H3. The molecule has 0 fully saturated rings. The Morgan fingerprint density at radius 1 is 1.58 bits per heavy atom. The lowest BCUT2D eigenvalue weighted by molar-refractivity contribution is 0.0989. The third-order valence-corrected chi connectivity index (χ3v) is 3.48. The molecule has 2 rings (SSSR count). The fourth-order valence-corrected chi connectivity index (χ4v) is 2.22. The van der Waals surface area contributed by atoms with Gasteiger partial charge in [0.15, 0.2) is 0 Å². The Kier molecular flexibility index (Phi) is 3.90. The van der Waals surface area contributed by atoms with Crippen molar-refractivity contribution in [2.45, 2.75) is 6.54 Å². The molecule has 5 nitrogen and oxygen atoms in total. The topological polar surface area (TPSA) is 83.0 Å². The Balaban J connectivity index is 2.25. The number of amides is 1. The van der Waals surface area contributed by atoms with Gasteiger partial charge in [-0.25, -0.2) is 4.98 Å². The van der Waals surface area contributed by atoms with E-state index in [1.165, 1.54) is 16.2 Å². The number of nitriles is 1. The molecule has 0 saturated carbocycles. The molecule has 0 aliphatic rings. The minimum Gasteiger partial charge on any atom is -0.325 e. The fraction of sp³-hybridized carbons (Fsp3) is 0.154. The summed E-state index contributed by atoms with van der Waals surface area (Å²) in [5.74, 6) is -0.217. The summed E-state index contributed by atoms with van der Waals surface area (Å²) in [6.45, 7) is 0.325. The van der Waals surface area contributed by atoms with Crippen LogP contribution in [0.3, 0.4) is 0 Å². The predicted molar refractivity (Wildman–Crippen MR) is 73.9 cm³/mol. The Hall–Kier alpha value is -2.23. The molecule has 0 atom stereocenters. The first kappa shape index (κ1) is 13.2. The third kappa shape index (κ3) is 2.78. The van der Waals surface area contributed by atoms with Gasteiger partial charge in [-0.1, -0.05) is 6.07 Å². The number of carbonyl (C=O) groups excluding carboxylic acids is 1. The van der Waals surface area contributed by atoms with E-state index in [0.29, 0.717) is 23.5 Å². The van der Waals surface area contributed by atoms with Crippen LogP contribution in [0.1, 0.15) is 21.1 Å². The molecule has 1 aromatic heterocycles. The predicted octanol–water partition coefficient (Wildman–Crippen LogP) is 1.75. The number of nitrogens with two attached hydrogens (primary N) is 1.